The summed E-state index contributed by atoms with van der Waals surface area (Å²) in [6.07, 6.45) is 2.61. The Labute approximate surface area is 131 Å². The first-order valence-electron chi connectivity index (χ1n) is 6.88. The van der Waals surface area contributed by atoms with Gasteiger partial charge in [0.1, 0.15) is 11.3 Å². The number of nitrogens with one attached hydrogen (secondary N) is 1. The van der Waals surface area contributed by atoms with E-state index in [0.717, 1.165) is 12.8 Å². The van der Waals surface area contributed by atoms with E-state index in [2.05, 4.69) is 21.2 Å². The van der Waals surface area contributed by atoms with Gasteiger partial charge < -0.3 is 15.5 Å². The van der Waals surface area contributed by atoms with Crippen molar-refractivity contribution in [2.75, 3.05) is 0 Å². The first-order valence-corrected chi connectivity index (χ1v) is 7.68. The minimum absolute atomic E-state index is 0.0518. The lowest BCUT2D eigenvalue weighted by molar-refractivity contribution is -0.146. The number of benzene rings is 1. The summed E-state index contributed by atoms with van der Waals surface area (Å²) < 4.78 is 0.485. The van der Waals surface area contributed by atoms with Gasteiger partial charge in [-0.25, -0.2) is 4.79 Å². The number of hydrogen-bond acceptors (Lipinski definition) is 3. The molecule has 1 aliphatic rings. The fraction of sp³-hybridized carbons (Fsp3) is 0.467. The summed E-state index contributed by atoms with van der Waals surface area (Å²) in [6.45, 7) is 1.99. The zero-order valence-electron chi connectivity index (χ0n) is 11.7. The zero-order chi connectivity index (χ0) is 15.6. The Balaban J connectivity index is 2.22. The number of phenolic OH excluding ortho intramolecular Hbond substituents is 1. The second kappa shape index (κ2) is 6.05. The highest BCUT2D eigenvalue weighted by Gasteiger charge is 2.43. The average Bonchev–Trinajstić information content (AvgIpc) is 2.41. The SMILES string of the molecule is CC1CCCC(NC(=O)c2ccc(Br)c(O)c2)(C(=O)O)C1. The minimum atomic E-state index is -1.21. The van der Waals surface area contributed by atoms with Gasteiger partial charge in [-0.05, 0) is 52.9 Å². The van der Waals surface area contributed by atoms with E-state index >= 15 is 0 Å². The average molecular weight is 356 g/mol. The van der Waals surface area contributed by atoms with Crippen LogP contribution in [0.4, 0.5) is 0 Å². The van der Waals surface area contributed by atoms with Crippen molar-refractivity contribution in [2.24, 2.45) is 5.92 Å². The number of phenols is 1. The first kappa shape index (κ1) is 15.8. The molecule has 1 fully saturated rings. The Hall–Kier alpha value is -1.56. The van der Waals surface area contributed by atoms with Crippen molar-refractivity contribution in [1.82, 2.24) is 5.32 Å². The second-order valence-electron chi connectivity index (χ2n) is 5.71. The summed E-state index contributed by atoms with van der Waals surface area (Å²) in [4.78, 5) is 23.9. The molecule has 114 valence electrons. The van der Waals surface area contributed by atoms with Crippen LogP contribution >= 0.6 is 15.9 Å². The highest BCUT2D eigenvalue weighted by atomic mass is 79.9. The smallest absolute Gasteiger partial charge is 0.329 e. The molecule has 0 aliphatic heterocycles. The Morgan fingerprint density at radius 3 is 2.71 bits per heavy atom. The highest BCUT2D eigenvalue weighted by Crippen LogP contribution is 2.33. The molecule has 0 aromatic heterocycles. The van der Waals surface area contributed by atoms with Gasteiger partial charge in [0.25, 0.3) is 5.91 Å². The highest BCUT2D eigenvalue weighted by molar-refractivity contribution is 9.10. The van der Waals surface area contributed by atoms with Gasteiger partial charge in [-0.2, -0.15) is 0 Å². The molecule has 2 unspecified atom stereocenters. The van der Waals surface area contributed by atoms with Gasteiger partial charge in [-0.15, -0.1) is 0 Å². The Morgan fingerprint density at radius 1 is 1.43 bits per heavy atom. The largest absolute Gasteiger partial charge is 0.507 e. The van der Waals surface area contributed by atoms with Gasteiger partial charge >= 0.3 is 5.97 Å². The van der Waals surface area contributed by atoms with Crippen LogP contribution in [0.15, 0.2) is 22.7 Å². The van der Waals surface area contributed by atoms with Crippen LogP contribution < -0.4 is 5.32 Å². The van der Waals surface area contributed by atoms with Gasteiger partial charge in [0.05, 0.1) is 4.47 Å². The fourth-order valence-electron chi connectivity index (χ4n) is 2.86. The molecule has 1 saturated carbocycles. The van der Waals surface area contributed by atoms with Crippen LogP contribution in [-0.4, -0.2) is 27.6 Å². The Kier molecular flexibility index (Phi) is 4.56. The van der Waals surface area contributed by atoms with Crippen LogP contribution in [0, 0.1) is 5.92 Å². The summed E-state index contributed by atoms with van der Waals surface area (Å²) in [5.41, 5.74) is -0.966. The Morgan fingerprint density at radius 2 is 2.14 bits per heavy atom. The third-order valence-corrected chi connectivity index (χ3v) is 4.64. The van der Waals surface area contributed by atoms with E-state index in [-0.39, 0.29) is 17.2 Å². The lowest BCUT2D eigenvalue weighted by atomic mass is 9.76. The summed E-state index contributed by atoms with van der Waals surface area (Å²) in [7, 11) is 0. The van der Waals surface area contributed by atoms with E-state index in [1.54, 1.807) is 12.1 Å². The van der Waals surface area contributed by atoms with Crippen LogP contribution in [0.1, 0.15) is 43.0 Å². The van der Waals surface area contributed by atoms with E-state index in [1.807, 2.05) is 6.92 Å². The maximum atomic E-state index is 12.3. The molecule has 0 spiro atoms. The molecule has 1 aromatic rings. The van der Waals surface area contributed by atoms with Crippen molar-refractivity contribution in [3.8, 4) is 5.75 Å². The molecule has 1 amide bonds. The summed E-state index contributed by atoms with van der Waals surface area (Å²) in [5, 5.41) is 21.8. The molecule has 0 bridgehead atoms. The summed E-state index contributed by atoms with van der Waals surface area (Å²) >= 11 is 3.14. The number of aliphatic carboxylic acids is 1. The number of carbonyl (C=O) groups is 2. The van der Waals surface area contributed by atoms with Gasteiger partial charge in [-0.3, -0.25) is 4.79 Å². The van der Waals surface area contributed by atoms with Crippen LogP contribution in [0.25, 0.3) is 0 Å². The lowest BCUT2D eigenvalue weighted by Gasteiger charge is -2.37. The van der Waals surface area contributed by atoms with Crippen molar-refractivity contribution in [1.29, 1.82) is 0 Å². The topological polar surface area (TPSA) is 86.6 Å². The molecule has 1 aliphatic carbocycles. The quantitative estimate of drug-likeness (QED) is 0.777. The number of carbonyl (C=O) groups excluding carboxylic acids is 1. The maximum Gasteiger partial charge on any atom is 0.329 e. The molecular weight excluding hydrogens is 338 g/mol. The Bertz CT molecular complexity index is 575. The van der Waals surface area contributed by atoms with Crippen molar-refractivity contribution >= 4 is 27.8 Å². The molecule has 2 atom stereocenters. The molecule has 1 aromatic carbocycles. The molecule has 6 heteroatoms. The van der Waals surface area contributed by atoms with Crippen molar-refractivity contribution in [3.05, 3.63) is 28.2 Å². The first-order chi connectivity index (χ1) is 9.84. The van der Waals surface area contributed by atoms with Gasteiger partial charge in [0.2, 0.25) is 0 Å². The predicted octanol–water partition coefficient (Wildman–Crippen LogP) is 2.92. The number of carboxylic acids is 1. The van der Waals surface area contributed by atoms with Gasteiger partial charge in [0, 0.05) is 5.56 Å². The summed E-state index contributed by atoms with van der Waals surface area (Å²) in [6, 6.07) is 4.42. The van der Waals surface area contributed by atoms with E-state index in [1.165, 1.54) is 6.07 Å². The summed E-state index contributed by atoms with van der Waals surface area (Å²) in [5.74, 6) is -1.27. The number of carboxylic acid groups (broad SMARTS) is 1. The number of halogens is 1. The molecule has 5 nitrogen and oxygen atoms in total. The van der Waals surface area contributed by atoms with Crippen molar-refractivity contribution in [3.63, 3.8) is 0 Å². The molecule has 0 heterocycles. The molecule has 3 N–H and O–H groups in total. The number of aromatic hydroxyl groups is 1. The van der Waals surface area contributed by atoms with E-state index < -0.39 is 17.4 Å². The normalized spacial score (nSPS) is 25.3. The zero-order valence-corrected chi connectivity index (χ0v) is 13.3. The third-order valence-electron chi connectivity index (χ3n) is 3.97. The van der Waals surface area contributed by atoms with Crippen LogP contribution in [0.2, 0.25) is 0 Å². The van der Waals surface area contributed by atoms with Gasteiger partial charge in [0.15, 0.2) is 0 Å². The standard InChI is InChI=1S/C15H18BrNO4/c1-9-3-2-6-15(8-9,14(20)21)17-13(19)10-4-5-11(16)12(18)7-10/h4-5,7,9,18H,2-3,6,8H2,1H3,(H,17,19)(H,20,21). The second-order valence-corrected chi connectivity index (χ2v) is 6.56. The molecular formula is C15H18BrNO4. The predicted molar refractivity (Wildman–Crippen MR) is 81.3 cm³/mol. The maximum absolute atomic E-state index is 12.3. The molecule has 0 saturated heterocycles. The van der Waals surface area contributed by atoms with Crippen molar-refractivity contribution in [2.45, 2.75) is 38.1 Å². The number of rotatable bonds is 3. The third kappa shape index (κ3) is 3.37. The molecule has 21 heavy (non-hydrogen) atoms. The lowest BCUT2D eigenvalue weighted by Crippen LogP contribution is -2.56. The monoisotopic (exact) mass is 355 g/mol. The molecule has 2 rings (SSSR count). The number of hydrogen-bond donors (Lipinski definition) is 3. The van der Waals surface area contributed by atoms with Gasteiger partial charge in [-0.1, -0.05) is 19.8 Å². The van der Waals surface area contributed by atoms with Crippen molar-refractivity contribution < 1.29 is 19.8 Å². The number of amides is 1. The van der Waals surface area contributed by atoms with Crippen LogP contribution in [0.3, 0.4) is 0 Å². The fourth-order valence-corrected chi connectivity index (χ4v) is 3.10. The molecule has 0 radical (unpaired) electrons. The van der Waals surface area contributed by atoms with E-state index in [9.17, 15) is 19.8 Å². The minimum Gasteiger partial charge on any atom is -0.507 e. The van der Waals surface area contributed by atoms with E-state index in [4.69, 9.17) is 0 Å². The van der Waals surface area contributed by atoms with E-state index in [0.29, 0.717) is 17.3 Å². The van der Waals surface area contributed by atoms with Crippen LogP contribution in [0.5, 0.6) is 5.75 Å². The van der Waals surface area contributed by atoms with Crippen LogP contribution in [-0.2, 0) is 4.79 Å².